The van der Waals surface area contributed by atoms with E-state index in [0.717, 1.165) is 0 Å². The number of unbranched alkanes of at least 4 members (excludes halogenated alkanes) is 15. The summed E-state index contributed by atoms with van der Waals surface area (Å²) in [7, 11) is 0. The maximum absolute atomic E-state index is 2.30. The van der Waals surface area contributed by atoms with Gasteiger partial charge >= 0.3 is 0 Å². The van der Waals surface area contributed by atoms with Gasteiger partial charge in [-0.2, -0.15) is 0 Å². The molecule has 1 aromatic carbocycles. The van der Waals surface area contributed by atoms with Gasteiger partial charge in [0.2, 0.25) is 0 Å². The third kappa shape index (κ3) is 11.6. The third-order valence-electron chi connectivity index (χ3n) is 6.38. The van der Waals surface area contributed by atoms with Crippen LogP contribution in [-0.4, -0.2) is 0 Å². The van der Waals surface area contributed by atoms with Crippen LogP contribution < -0.4 is 0 Å². The van der Waals surface area contributed by atoms with Crippen LogP contribution in [0.5, 0.6) is 0 Å². The summed E-state index contributed by atoms with van der Waals surface area (Å²) in [6.45, 7) is 9.11. The Morgan fingerprint density at radius 1 is 0.481 bits per heavy atom. The van der Waals surface area contributed by atoms with Crippen LogP contribution in [0.1, 0.15) is 132 Å². The normalized spacial score (nSPS) is 11.3. The van der Waals surface area contributed by atoms with E-state index in [1.165, 1.54) is 126 Å². The molecule has 156 valence electrons. The molecule has 1 aromatic rings. The van der Waals surface area contributed by atoms with E-state index in [-0.39, 0.29) is 0 Å². The van der Waals surface area contributed by atoms with Gasteiger partial charge in [0.15, 0.2) is 0 Å². The number of aryl methyl sites for hydroxylation is 2. The minimum absolute atomic E-state index is 1.28. The van der Waals surface area contributed by atoms with Crippen molar-refractivity contribution in [2.45, 2.75) is 137 Å². The van der Waals surface area contributed by atoms with E-state index in [1.54, 1.807) is 5.56 Å². The van der Waals surface area contributed by atoms with Crippen LogP contribution >= 0.6 is 0 Å². The highest BCUT2D eigenvalue weighted by Crippen LogP contribution is 2.20. The molecule has 0 radical (unpaired) electrons. The van der Waals surface area contributed by atoms with Crippen molar-refractivity contribution < 1.29 is 0 Å². The molecular weight excluding hydrogens is 324 g/mol. The second-order valence-corrected chi connectivity index (χ2v) is 8.86. The van der Waals surface area contributed by atoms with Crippen LogP contribution in [0.4, 0.5) is 0 Å². The standard InChI is InChI=1S/C27H48/c1-5-6-7-8-9-10-11-12-13-14-15-16-17-18-19-20-21-27-25(3)23-22-24(2)26(27)4/h22-23H,5-21H2,1-4H3. The average Bonchev–Trinajstić information content (AvgIpc) is 2.67. The van der Waals surface area contributed by atoms with Crippen LogP contribution in [0, 0.1) is 20.8 Å². The topological polar surface area (TPSA) is 0 Å². The smallest absolute Gasteiger partial charge is 0.0274 e. The zero-order valence-electron chi connectivity index (χ0n) is 19.2. The number of hydrogen-bond acceptors (Lipinski definition) is 0. The van der Waals surface area contributed by atoms with Crippen molar-refractivity contribution in [1.82, 2.24) is 0 Å². The average molecular weight is 373 g/mol. The highest BCUT2D eigenvalue weighted by atomic mass is 14.1. The Bertz CT molecular complexity index is 471. The van der Waals surface area contributed by atoms with Crippen molar-refractivity contribution in [2.75, 3.05) is 0 Å². The molecular formula is C27H48. The van der Waals surface area contributed by atoms with Gasteiger partial charge in [-0.1, -0.05) is 115 Å². The van der Waals surface area contributed by atoms with Crippen molar-refractivity contribution in [3.63, 3.8) is 0 Å². The fraction of sp³-hybridized carbons (Fsp3) is 0.778. The Morgan fingerprint density at radius 2 is 0.852 bits per heavy atom. The number of benzene rings is 1. The van der Waals surface area contributed by atoms with Gasteiger partial charge in [0.25, 0.3) is 0 Å². The van der Waals surface area contributed by atoms with Crippen LogP contribution in [0.15, 0.2) is 12.1 Å². The van der Waals surface area contributed by atoms with Crippen LogP contribution in [0.2, 0.25) is 0 Å². The Labute approximate surface area is 171 Å². The molecule has 0 spiro atoms. The lowest BCUT2D eigenvalue weighted by Crippen LogP contribution is -1.96. The molecule has 0 bridgehead atoms. The highest BCUT2D eigenvalue weighted by Gasteiger charge is 2.04. The summed E-state index contributed by atoms with van der Waals surface area (Å²) in [6, 6.07) is 4.56. The molecule has 0 saturated carbocycles. The fourth-order valence-electron chi connectivity index (χ4n) is 4.24. The van der Waals surface area contributed by atoms with E-state index in [0.29, 0.717) is 0 Å². The predicted octanol–water partition coefficient (Wildman–Crippen LogP) is 9.42. The molecule has 0 fully saturated rings. The van der Waals surface area contributed by atoms with Gasteiger partial charge in [0.1, 0.15) is 0 Å². The first-order valence-electron chi connectivity index (χ1n) is 12.2. The summed E-state index contributed by atoms with van der Waals surface area (Å²) in [5.74, 6) is 0. The molecule has 1 rings (SSSR count). The van der Waals surface area contributed by atoms with E-state index < -0.39 is 0 Å². The molecule has 0 aliphatic carbocycles. The van der Waals surface area contributed by atoms with Crippen molar-refractivity contribution >= 4 is 0 Å². The summed E-state index contributed by atoms with van der Waals surface area (Å²) in [5.41, 5.74) is 6.07. The lowest BCUT2D eigenvalue weighted by Gasteiger charge is -2.12. The quantitative estimate of drug-likeness (QED) is 0.239. The fourth-order valence-corrected chi connectivity index (χ4v) is 4.24. The van der Waals surface area contributed by atoms with Crippen LogP contribution in [0.3, 0.4) is 0 Å². The second kappa shape index (κ2) is 16.2. The summed E-state index contributed by atoms with van der Waals surface area (Å²) in [5, 5.41) is 0. The minimum atomic E-state index is 1.28. The third-order valence-corrected chi connectivity index (χ3v) is 6.38. The Hall–Kier alpha value is -0.780. The molecule has 0 unspecified atom stereocenters. The molecule has 0 aliphatic rings. The molecule has 0 atom stereocenters. The van der Waals surface area contributed by atoms with Gasteiger partial charge < -0.3 is 0 Å². The van der Waals surface area contributed by atoms with Gasteiger partial charge in [-0.15, -0.1) is 0 Å². The Kier molecular flexibility index (Phi) is 14.6. The molecule has 0 amide bonds. The van der Waals surface area contributed by atoms with E-state index in [2.05, 4.69) is 39.8 Å². The van der Waals surface area contributed by atoms with Crippen molar-refractivity contribution in [2.24, 2.45) is 0 Å². The van der Waals surface area contributed by atoms with Gasteiger partial charge in [-0.3, -0.25) is 0 Å². The summed E-state index contributed by atoms with van der Waals surface area (Å²) >= 11 is 0. The molecule has 0 saturated heterocycles. The summed E-state index contributed by atoms with van der Waals surface area (Å²) < 4.78 is 0. The Morgan fingerprint density at radius 3 is 1.30 bits per heavy atom. The summed E-state index contributed by atoms with van der Waals surface area (Å²) in [6.07, 6.45) is 24.4. The first kappa shape index (κ1) is 24.3. The lowest BCUT2D eigenvalue weighted by atomic mass is 9.94. The monoisotopic (exact) mass is 372 g/mol. The van der Waals surface area contributed by atoms with E-state index in [1.807, 2.05) is 0 Å². The predicted molar refractivity (Wildman–Crippen MR) is 124 cm³/mol. The SMILES string of the molecule is CCCCCCCCCCCCCCCCCCc1c(C)ccc(C)c1C. The van der Waals surface area contributed by atoms with E-state index in [4.69, 9.17) is 0 Å². The van der Waals surface area contributed by atoms with Gasteiger partial charge in [-0.25, -0.2) is 0 Å². The van der Waals surface area contributed by atoms with Crippen molar-refractivity contribution in [3.05, 3.63) is 34.4 Å². The molecule has 0 nitrogen and oxygen atoms in total. The largest absolute Gasteiger partial charge is 0.0654 e. The molecule has 0 aromatic heterocycles. The van der Waals surface area contributed by atoms with Crippen molar-refractivity contribution in [1.29, 1.82) is 0 Å². The molecule has 0 heteroatoms. The van der Waals surface area contributed by atoms with Gasteiger partial charge in [0.05, 0.1) is 0 Å². The molecule has 0 heterocycles. The van der Waals surface area contributed by atoms with E-state index in [9.17, 15) is 0 Å². The zero-order valence-corrected chi connectivity index (χ0v) is 19.2. The Balaban J connectivity index is 1.87. The van der Waals surface area contributed by atoms with Gasteiger partial charge in [0, 0.05) is 0 Å². The molecule has 0 aliphatic heterocycles. The zero-order chi connectivity index (χ0) is 19.7. The summed E-state index contributed by atoms with van der Waals surface area (Å²) in [4.78, 5) is 0. The van der Waals surface area contributed by atoms with E-state index >= 15 is 0 Å². The lowest BCUT2D eigenvalue weighted by molar-refractivity contribution is 0.529. The second-order valence-electron chi connectivity index (χ2n) is 8.86. The van der Waals surface area contributed by atoms with Crippen LogP contribution in [-0.2, 0) is 6.42 Å². The molecule has 0 N–H and O–H groups in total. The maximum atomic E-state index is 2.30. The molecule has 27 heavy (non-hydrogen) atoms. The van der Waals surface area contributed by atoms with Crippen molar-refractivity contribution in [3.8, 4) is 0 Å². The minimum Gasteiger partial charge on any atom is -0.0654 e. The first-order chi connectivity index (χ1) is 13.2. The highest BCUT2D eigenvalue weighted by molar-refractivity contribution is 5.39. The van der Waals surface area contributed by atoms with Crippen LogP contribution in [0.25, 0.3) is 0 Å². The maximum Gasteiger partial charge on any atom is -0.0274 e. The number of hydrogen-bond donors (Lipinski definition) is 0. The number of rotatable bonds is 17. The van der Waals surface area contributed by atoms with Gasteiger partial charge in [-0.05, 0) is 55.9 Å². The first-order valence-corrected chi connectivity index (χ1v) is 12.2.